The van der Waals surface area contributed by atoms with E-state index in [2.05, 4.69) is 10.2 Å². The molecule has 1 N–H and O–H groups in total. The summed E-state index contributed by atoms with van der Waals surface area (Å²) in [6.07, 6.45) is 2.64. The number of nitrogens with zero attached hydrogens (tertiary/aromatic N) is 3. The zero-order valence-corrected chi connectivity index (χ0v) is 21.1. The molecular weight excluding hydrogens is 464 g/mol. The Hall–Kier alpha value is -2.74. The molecule has 1 aliphatic heterocycles. The lowest BCUT2D eigenvalue weighted by Crippen LogP contribution is -2.43. The molecule has 0 radical (unpaired) electrons. The van der Waals surface area contributed by atoms with E-state index < -0.39 is 0 Å². The SMILES string of the molecule is COCCNC(=O)C(C)CN1CCC[C@@H]1Cn1nc(Cc2ccc(Cl)cc2)c2ccccc2c1=O. The average molecular weight is 497 g/mol. The molecule has 4 rings (SSSR count). The average Bonchev–Trinajstić information content (AvgIpc) is 3.29. The molecule has 1 fully saturated rings. The second-order valence-corrected chi connectivity index (χ2v) is 9.70. The Morgan fingerprint density at radius 2 is 1.94 bits per heavy atom. The molecule has 1 amide bonds. The Balaban J connectivity index is 1.54. The Labute approximate surface area is 211 Å². The summed E-state index contributed by atoms with van der Waals surface area (Å²) in [7, 11) is 1.62. The van der Waals surface area contributed by atoms with Gasteiger partial charge in [0.25, 0.3) is 5.56 Å². The van der Waals surface area contributed by atoms with Crippen LogP contribution in [-0.2, 0) is 22.5 Å². The van der Waals surface area contributed by atoms with E-state index in [-0.39, 0.29) is 23.4 Å². The van der Waals surface area contributed by atoms with Gasteiger partial charge in [0.05, 0.1) is 24.2 Å². The Bertz CT molecular complexity index is 1210. The number of carbonyl (C=O) groups is 1. The van der Waals surface area contributed by atoms with Crippen molar-refractivity contribution in [1.82, 2.24) is 20.0 Å². The normalized spacial score (nSPS) is 17.1. The monoisotopic (exact) mass is 496 g/mol. The van der Waals surface area contributed by atoms with Crippen LogP contribution in [-0.4, -0.2) is 60.0 Å². The highest BCUT2D eigenvalue weighted by molar-refractivity contribution is 6.30. The Kier molecular flexibility index (Phi) is 8.55. The third-order valence-corrected chi connectivity index (χ3v) is 6.93. The van der Waals surface area contributed by atoms with Crippen molar-refractivity contribution in [3.63, 3.8) is 0 Å². The van der Waals surface area contributed by atoms with E-state index in [1.807, 2.05) is 55.5 Å². The number of likely N-dealkylation sites (tertiary alicyclic amines) is 1. The molecular formula is C27H33ClN4O3. The smallest absolute Gasteiger partial charge is 0.274 e. The van der Waals surface area contributed by atoms with E-state index in [1.165, 1.54) is 0 Å². The molecule has 8 heteroatoms. The summed E-state index contributed by atoms with van der Waals surface area (Å²) in [6, 6.07) is 15.6. The lowest BCUT2D eigenvalue weighted by molar-refractivity contribution is -0.125. The molecule has 1 aliphatic rings. The van der Waals surface area contributed by atoms with Gasteiger partial charge in [0, 0.05) is 49.0 Å². The van der Waals surface area contributed by atoms with Gasteiger partial charge < -0.3 is 10.1 Å². The van der Waals surface area contributed by atoms with Gasteiger partial charge in [-0.3, -0.25) is 14.5 Å². The molecule has 3 aromatic rings. The zero-order valence-electron chi connectivity index (χ0n) is 20.4. The predicted octanol–water partition coefficient (Wildman–Crippen LogP) is 3.50. The zero-order chi connectivity index (χ0) is 24.8. The van der Waals surface area contributed by atoms with Gasteiger partial charge >= 0.3 is 0 Å². The van der Waals surface area contributed by atoms with Crippen LogP contribution in [0.1, 0.15) is 31.0 Å². The number of nitrogens with one attached hydrogen (secondary N) is 1. The standard InChI is InChI=1S/C27H33ClN4O3/c1-19(26(33)29-13-15-35-2)17-31-14-5-6-22(31)18-32-27(34)24-8-4-3-7-23(24)25(30-32)16-20-9-11-21(28)12-10-20/h3-4,7-12,19,22H,5-6,13-18H2,1-2H3,(H,29,33)/t19?,22-/m1/s1. The topological polar surface area (TPSA) is 76.5 Å². The molecule has 7 nitrogen and oxygen atoms in total. The largest absolute Gasteiger partial charge is 0.383 e. The number of amides is 1. The van der Waals surface area contributed by atoms with Crippen LogP contribution in [0.25, 0.3) is 10.8 Å². The molecule has 0 saturated carbocycles. The fourth-order valence-corrected chi connectivity index (χ4v) is 4.91. The van der Waals surface area contributed by atoms with E-state index in [1.54, 1.807) is 11.8 Å². The highest BCUT2D eigenvalue weighted by Crippen LogP contribution is 2.22. The van der Waals surface area contributed by atoms with E-state index in [4.69, 9.17) is 21.4 Å². The first kappa shape index (κ1) is 25.4. The first-order chi connectivity index (χ1) is 17.0. The van der Waals surface area contributed by atoms with Crippen LogP contribution in [0.5, 0.6) is 0 Å². The van der Waals surface area contributed by atoms with Gasteiger partial charge in [-0.2, -0.15) is 5.10 Å². The van der Waals surface area contributed by atoms with Crippen LogP contribution in [0, 0.1) is 5.92 Å². The van der Waals surface area contributed by atoms with Crippen molar-refractivity contribution in [1.29, 1.82) is 0 Å². The number of benzene rings is 2. The van der Waals surface area contributed by atoms with Gasteiger partial charge in [-0.15, -0.1) is 0 Å². The maximum atomic E-state index is 13.3. The molecule has 0 spiro atoms. The molecule has 35 heavy (non-hydrogen) atoms. The molecule has 0 aliphatic carbocycles. The fourth-order valence-electron chi connectivity index (χ4n) is 4.78. The van der Waals surface area contributed by atoms with Crippen LogP contribution < -0.4 is 10.9 Å². The molecule has 1 aromatic heterocycles. The molecule has 2 aromatic carbocycles. The number of methoxy groups -OCH3 is 1. The van der Waals surface area contributed by atoms with Crippen LogP contribution >= 0.6 is 11.6 Å². The van der Waals surface area contributed by atoms with E-state index >= 15 is 0 Å². The maximum absolute atomic E-state index is 13.3. The first-order valence-electron chi connectivity index (χ1n) is 12.2. The molecule has 0 bridgehead atoms. The summed E-state index contributed by atoms with van der Waals surface area (Å²) < 4.78 is 6.64. The number of ether oxygens (including phenoxy) is 1. The van der Waals surface area contributed by atoms with Gasteiger partial charge in [-0.1, -0.05) is 48.9 Å². The quantitative estimate of drug-likeness (QED) is 0.435. The number of fused-ring (bicyclic) bond motifs is 1. The van der Waals surface area contributed by atoms with E-state index in [0.29, 0.717) is 43.1 Å². The van der Waals surface area contributed by atoms with Gasteiger partial charge in [-0.05, 0) is 43.1 Å². The van der Waals surface area contributed by atoms with Crippen LogP contribution in [0.15, 0.2) is 53.3 Å². The summed E-state index contributed by atoms with van der Waals surface area (Å²) >= 11 is 6.06. The maximum Gasteiger partial charge on any atom is 0.274 e. The Morgan fingerprint density at radius 1 is 1.20 bits per heavy atom. The minimum atomic E-state index is -0.144. The number of halogens is 1. The summed E-state index contributed by atoms with van der Waals surface area (Å²) in [4.78, 5) is 28.1. The number of hydrogen-bond donors (Lipinski definition) is 1. The van der Waals surface area contributed by atoms with Crippen molar-refractivity contribution in [3.05, 3.63) is 75.2 Å². The van der Waals surface area contributed by atoms with E-state index in [0.717, 1.165) is 36.0 Å². The lowest BCUT2D eigenvalue weighted by Gasteiger charge is -2.27. The molecule has 1 unspecified atom stereocenters. The van der Waals surface area contributed by atoms with Crippen molar-refractivity contribution in [3.8, 4) is 0 Å². The third kappa shape index (κ3) is 6.28. The second-order valence-electron chi connectivity index (χ2n) is 9.26. The van der Waals surface area contributed by atoms with Gasteiger partial charge in [0.1, 0.15) is 0 Å². The molecule has 2 atom stereocenters. The highest BCUT2D eigenvalue weighted by Gasteiger charge is 2.29. The molecule has 2 heterocycles. The fraction of sp³-hybridized carbons (Fsp3) is 0.444. The van der Waals surface area contributed by atoms with Crippen molar-refractivity contribution in [2.24, 2.45) is 5.92 Å². The van der Waals surface area contributed by atoms with Crippen LogP contribution in [0.3, 0.4) is 0 Å². The lowest BCUT2D eigenvalue weighted by atomic mass is 10.0. The van der Waals surface area contributed by atoms with Gasteiger partial charge in [0.2, 0.25) is 5.91 Å². The second kappa shape index (κ2) is 11.8. The van der Waals surface area contributed by atoms with Gasteiger partial charge in [0.15, 0.2) is 0 Å². The molecule has 186 valence electrons. The minimum absolute atomic E-state index is 0.0268. The van der Waals surface area contributed by atoms with Crippen LogP contribution in [0.2, 0.25) is 5.02 Å². The summed E-state index contributed by atoms with van der Waals surface area (Å²) in [5.41, 5.74) is 1.89. The number of carbonyl (C=O) groups excluding carboxylic acids is 1. The first-order valence-corrected chi connectivity index (χ1v) is 12.6. The highest BCUT2D eigenvalue weighted by atomic mass is 35.5. The van der Waals surface area contributed by atoms with Crippen molar-refractivity contribution in [2.75, 3.05) is 33.4 Å². The summed E-state index contributed by atoms with van der Waals surface area (Å²) in [6.45, 7) is 5.04. The number of rotatable bonds is 10. The van der Waals surface area contributed by atoms with E-state index in [9.17, 15) is 9.59 Å². The van der Waals surface area contributed by atoms with Crippen molar-refractivity contribution >= 4 is 28.3 Å². The van der Waals surface area contributed by atoms with Gasteiger partial charge in [-0.25, -0.2) is 4.68 Å². The van der Waals surface area contributed by atoms with Crippen molar-refractivity contribution in [2.45, 2.75) is 38.8 Å². The minimum Gasteiger partial charge on any atom is -0.383 e. The number of aromatic nitrogens is 2. The van der Waals surface area contributed by atoms with Crippen LogP contribution in [0.4, 0.5) is 0 Å². The molecule has 1 saturated heterocycles. The summed E-state index contributed by atoms with van der Waals surface area (Å²) in [5.74, 6) is -0.117. The predicted molar refractivity (Wildman–Crippen MR) is 139 cm³/mol. The van der Waals surface area contributed by atoms with Crippen molar-refractivity contribution < 1.29 is 9.53 Å². The third-order valence-electron chi connectivity index (χ3n) is 6.67. The number of hydrogen-bond acceptors (Lipinski definition) is 5. The Morgan fingerprint density at radius 3 is 2.69 bits per heavy atom. The summed E-state index contributed by atoms with van der Waals surface area (Å²) in [5, 5.41) is 10.0.